The molecule has 22 heavy (non-hydrogen) atoms. The van der Waals surface area contributed by atoms with E-state index in [2.05, 4.69) is 14.8 Å². The molecule has 0 bridgehead atoms. The van der Waals surface area contributed by atoms with E-state index in [0.29, 0.717) is 11.0 Å². The van der Waals surface area contributed by atoms with E-state index < -0.39 is 0 Å². The van der Waals surface area contributed by atoms with Gasteiger partial charge in [-0.25, -0.2) is 4.98 Å². The second-order valence-corrected chi connectivity index (χ2v) is 6.13. The Morgan fingerprint density at radius 2 is 1.64 bits per heavy atom. The van der Waals surface area contributed by atoms with Gasteiger partial charge in [0.15, 0.2) is 0 Å². The lowest BCUT2D eigenvalue weighted by atomic mass is 10.2. The fraction of sp³-hybridized carbons (Fsp3) is 0.438. The summed E-state index contributed by atoms with van der Waals surface area (Å²) in [6.07, 6.45) is 1.85. The average molecular weight is 321 g/mol. The molecule has 5 nitrogen and oxygen atoms in total. The number of rotatable bonds is 4. The van der Waals surface area contributed by atoms with E-state index in [1.54, 1.807) is 12.1 Å². The summed E-state index contributed by atoms with van der Waals surface area (Å²) in [7, 11) is 1.95. The van der Waals surface area contributed by atoms with E-state index >= 15 is 0 Å². The summed E-state index contributed by atoms with van der Waals surface area (Å²) in [4.78, 5) is 9.01. The molecule has 1 aromatic carbocycles. The Morgan fingerprint density at radius 3 is 2.18 bits per heavy atom. The van der Waals surface area contributed by atoms with Crippen LogP contribution in [0.25, 0.3) is 0 Å². The largest absolute Gasteiger partial charge is 0.508 e. The molecular formula is C16H21ClN4O. The number of hydrogen-bond donors (Lipinski definition) is 1. The van der Waals surface area contributed by atoms with Crippen molar-refractivity contribution in [2.75, 3.05) is 26.2 Å². The summed E-state index contributed by atoms with van der Waals surface area (Å²) in [5, 5.41) is 9.87. The normalized spacial score (nSPS) is 17.0. The van der Waals surface area contributed by atoms with Gasteiger partial charge in [0.05, 0.1) is 11.9 Å². The number of piperazine rings is 1. The summed E-state index contributed by atoms with van der Waals surface area (Å²) in [6.45, 7) is 6.01. The second kappa shape index (κ2) is 6.69. The maximum absolute atomic E-state index is 9.32. The van der Waals surface area contributed by atoms with Crippen molar-refractivity contribution in [1.29, 1.82) is 0 Å². The topological polar surface area (TPSA) is 44.5 Å². The lowest BCUT2D eigenvalue weighted by Gasteiger charge is -2.34. The van der Waals surface area contributed by atoms with Crippen molar-refractivity contribution in [3.8, 4) is 5.75 Å². The number of hydrogen-bond acceptors (Lipinski definition) is 4. The van der Waals surface area contributed by atoms with Gasteiger partial charge in [0.2, 0.25) is 5.28 Å². The van der Waals surface area contributed by atoms with Crippen LogP contribution in [0.5, 0.6) is 5.75 Å². The molecule has 6 heteroatoms. The zero-order valence-electron chi connectivity index (χ0n) is 12.7. The van der Waals surface area contributed by atoms with Crippen molar-refractivity contribution >= 4 is 11.6 Å². The Labute approximate surface area is 135 Å². The van der Waals surface area contributed by atoms with E-state index in [1.807, 2.05) is 29.9 Å². The third-order valence-electron chi connectivity index (χ3n) is 4.22. The van der Waals surface area contributed by atoms with Crippen LogP contribution in [-0.4, -0.2) is 50.6 Å². The van der Waals surface area contributed by atoms with E-state index in [9.17, 15) is 5.11 Å². The number of halogens is 1. The molecule has 118 valence electrons. The van der Waals surface area contributed by atoms with Crippen LogP contribution < -0.4 is 0 Å². The molecule has 0 amide bonds. The van der Waals surface area contributed by atoms with Gasteiger partial charge in [-0.3, -0.25) is 9.80 Å². The Balaban J connectivity index is 1.50. The first-order chi connectivity index (χ1) is 10.6. The van der Waals surface area contributed by atoms with Crippen molar-refractivity contribution in [3.05, 3.63) is 47.0 Å². The second-order valence-electron chi connectivity index (χ2n) is 5.80. The fourth-order valence-corrected chi connectivity index (χ4v) is 2.92. The van der Waals surface area contributed by atoms with Crippen LogP contribution >= 0.6 is 11.6 Å². The summed E-state index contributed by atoms with van der Waals surface area (Å²) >= 11 is 5.98. The highest BCUT2D eigenvalue weighted by Crippen LogP contribution is 2.15. The van der Waals surface area contributed by atoms with Crippen LogP contribution in [0.4, 0.5) is 0 Å². The average Bonchev–Trinajstić information content (AvgIpc) is 2.84. The van der Waals surface area contributed by atoms with E-state index in [1.165, 1.54) is 5.56 Å². The van der Waals surface area contributed by atoms with Crippen molar-refractivity contribution in [3.63, 3.8) is 0 Å². The Hall–Kier alpha value is -1.56. The smallest absolute Gasteiger partial charge is 0.202 e. The van der Waals surface area contributed by atoms with E-state index in [0.717, 1.165) is 45.0 Å². The van der Waals surface area contributed by atoms with Gasteiger partial charge in [0.25, 0.3) is 0 Å². The van der Waals surface area contributed by atoms with Gasteiger partial charge in [-0.15, -0.1) is 0 Å². The summed E-state index contributed by atoms with van der Waals surface area (Å²) in [5.41, 5.74) is 2.39. The number of imidazole rings is 1. The molecule has 0 unspecified atom stereocenters. The fourth-order valence-electron chi connectivity index (χ4n) is 2.76. The van der Waals surface area contributed by atoms with Crippen LogP contribution in [0, 0.1) is 0 Å². The molecule has 0 atom stereocenters. The first-order valence-corrected chi connectivity index (χ1v) is 7.88. The highest BCUT2D eigenvalue weighted by molar-refractivity contribution is 6.28. The van der Waals surface area contributed by atoms with Crippen LogP contribution in [0.15, 0.2) is 30.5 Å². The monoisotopic (exact) mass is 320 g/mol. The zero-order chi connectivity index (χ0) is 15.5. The minimum absolute atomic E-state index is 0.323. The Morgan fingerprint density at radius 1 is 1.05 bits per heavy atom. The van der Waals surface area contributed by atoms with Gasteiger partial charge < -0.3 is 9.67 Å². The molecule has 1 saturated heterocycles. The van der Waals surface area contributed by atoms with E-state index in [-0.39, 0.29) is 0 Å². The highest BCUT2D eigenvalue weighted by atomic mass is 35.5. The van der Waals surface area contributed by atoms with Crippen molar-refractivity contribution in [1.82, 2.24) is 19.4 Å². The van der Waals surface area contributed by atoms with Gasteiger partial charge in [0, 0.05) is 46.3 Å². The van der Waals surface area contributed by atoms with Crippen molar-refractivity contribution in [2.45, 2.75) is 13.1 Å². The SMILES string of the molecule is Cn1c(CN2CCN(Cc3ccc(O)cc3)CC2)cnc1Cl. The molecule has 1 aliphatic heterocycles. The van der Waals surface area contributed by atoms with Crippen molar-refractivity contribution in [2.24, 2.45) is 7.05 Å². The first kappa shape index (κ1) is 15.3. The third-order valence-corrected chi connectivity index (χ3v) is 4.57. The molecule has 0 spiro atoms. The minimum Gasteiger partial charge on any atom is -0.508 e. The number of phenols is 1. The number of aromatic nitrogens is 2. The molecule has 1 N–H and O–H groups in total. The molecule has 2 aromatic rings. The van der Waals surface area contributed by atoms with Gasteiger partial charge in [-0.1, -0.05) is 12.1 Å². The lowest BCUT2D eigenvalue weighted by molar-refractivity contribution is 0.120. The summed E-state index contributed by atoms with van der Waals surface area (Å²) < 4.78 is 1.93. The van der Waals surface area contributed by atoms with E-state index in [4.69, 9.17) is 11.6 Å². The summed E-state index contributed by atoms with van der Waals surface area (Å²) in [6, 6.07) is 7.47. The van der Waals surface area contributed by atoms with Crippen LogP contribution in [-0.2, 0) is 20.1 Å². The van der Waals surface area contributed by atoms with Gasteiger partial charge in [-0.05, 0) is 29.3 Å². The quantitative estimate of drug-likeness (QED) is 0.937. The molecule has 1 aromatic heterocycles. The molecule has 3 rings (SSSR count). The van der Waals surface area contributed by atoms with Crippen LogP contribution in [0.1, 0.15) is 11.3 Å². The minimum atomic E-state index is 0.323. The number of benzene rings is 1. The standard InChI is InChI=1S/C16H21ClN4O/c1-19-14(10-18-16(19)17)12-21-8-6-20(7-9-21)11-13-2-4-15(22)5-3-13/h2-5,10,22H,6-9,11-12H2,1H3. The van der Waals surface area contributed by atoms with Crippen LogP contribution in [0.3, 0.4) is 0 Å². The Bertz CT molecular complexity index is 618. The molecule has 0 aliphatic carbocycles. The predicted molar refractivity (Wildman–Crippen MR) is 86.9 cm³/mol. The molecule has 0 saturated carbocycles. The van der Waals surface area contributed by atoms with Crippen molar-refractivity contribution < 1.29 is 5.11 Å². The molecular weight excluding hydrogens is 300 g/mol. The number of phenolic OH excluding ortho intramolecular Hbond substituents is 1. The summed E-state index contributed by atoms with van der Waals surface area (Å²) in [5.74, 6) is 0.323. The maximum atomic E-state index is 9.32. The van der Waals surface area contributed by atoms with Crippen LogP contribution in [0.2, 0.25) is 5.28 Å². The van der Waals surface area contributed by atoms with Gasteiger partial charge in [-0.2, -0.15) is 0 Å². The highest BCUT2D eigenvalue weighted by Gasteiger charge is 2.18. The third kappa shape index (κ3) is 3.61. The zero-order valence-corrected chi connectivity index (χ0v) is 13.5. The maximum Gasteiger partial charge on any atom is 0.202 e. The number of nitrogens with zero attached hydrogens (tertiary/aromatic N) is 4. The molecule has 0 radical (unpaired) electrons. The van der Waals surface area contributed by atoms with Gasteiger partial charge in [0.1, 0.15) is 5.75 Å². The molecule has 1 aliphatic rings. The predicted octanol–water partition coefficient (Wildman–Crippen LogP) is 2.10. The Kier molecular flexibility index (Phi) is 4.66. The molecule has 2 heterocycles. The molecule has 1 fully saturated rings. The first-order valence-electron chi connectivity index (χ1n) is 7.50. The lowest BCUT2D eigenvalue weighted by Crippen LogP contribution is -2.45. The number of aromatic hydroxyl groups is 1. The van der Waals surface area contributed by atoms with Gasteiger partial charge >= 0.3 is 0 Å².